The lowest BCUT2D eigenvalue weighted by Crippen LogP contribution is -2.35. The minimum Gasteiger partial charge on any atom is -0.496 e. The van der Waals surface area contributed by atoms with E-state index in [4.69, 9.17) is 15.2 Å². The molecule has 1 aliphatic heterocycles. The van der Waals surface area contributed by atoms with Gasteiger partial charge in [0.05, 0.1) is 7.11 Å². The predicted molar refractivity (Wildman–Crippen MR) is 79.5 cm³/mol. The molecule has 114 valence electrons. The minimum atomic E-state index is -0.537. The van der Waals surface area contributed by atoms with Gasteiger partial charge in [-0.25, -0.2) is 0 Å². The van der Waals surface area contributed by atoms with Gasteiger partial charge in [0.15, 0.2) is 0 Å². The average Bonchev–Trinajstić information content (AvgIpc) is 3.18. The number of rotatable bonds is 6. The molecule has 0 bridgehead atoms. The Bertz CT molecular complexity index is 555. The molecule has 21 heavy (non-hydrogen) atoms. The largest absolute Gasteiger partial charge is 0.496 e. The number of carbonyl (C=O) groups excluding carboxylic acids is 1. The number of benzene rings is 1. The number of hydrogen-bond acceptors (Lipinski definition) is 4. The third-order valence-electron chi connectivity index (χ3n) is 4.15. The Kier molecular flexibility index (Phi) is 3.76. The summed E-state index contributed by atoms with van der Waals surface area (Å²) < 4.78 is 11.2. The first kappa shape index (κ1) is 14.2. The van der Waals surface area contributed by atoms with E-state index in [2.05, 4.69) is 5.32 Å². The van der Waals surface area contributed by atoms with E-state index in [-0.39, 0.29) is 12.0 Å². The fourth-order valence-electron chi connectivity index (χ4n) is 2.83. The fourth-order valence-corrected chi connectivity index (χ4v) is 2.83. The summed E-state index contributed by atoms with van der Waals surface area (Å²) in [7, 11) is 1.61. The number of nitrogens with one attached hydrogen (secondary N) is 1. The third-order valence-corrected chi connectivity index (χ3v) is 4.15. The Morgan fingerprint density at radius 3 is 2.90 bits per heavy atom. The second kappa shape index (κ2) is 5.56. The topological polar surface area (TPSA) is 73.6 Å². The molecule has 0 spiro atoms. The van der Waals surface area contributed by atoms with Crippen molar-refractivity contribution in [3.63, 3.8) is 0 Å². The van der Waals surface area contributed by atoms with E-state index in [0.29, 0.717) is 11.7 Å². The lowest BCUT2D eigenvalue weighted by molar-refractivity contribution is -0.120. The summed E-state index contributed by atoms with van der Waals surface area (Å²) in [6.45, 7) is 2.84. The molecule has 1 aromatic carbocycles. The van der Waals surface area contributed by atoms with Gasteiger partial charge in [0.2, 0.25) is 5.91 Å². The molecule has 2 atom stereocenters. The second-order valence-electron chi connectivity index (χ2n) is 6.02. The summed E-state index contributed by atoms with van der Waals surface area (Å²) >= 11 is 0. The quantitative estimate of drug-likeness (QED) is 0.833. The molecule has 1 saturated carbocycles. The third kappa shape index (κ3) is 2.97. The molecule has 0 aromatic heterocycles. The van der Waals surface area contributed by atoms with Gasteiger partial charge in [0.25, 0.3) is 0 Å². The van der Waals surface area contributed by atoms with E-state index in [1.807, 2.05) is 19.1 Å². The van der Waals surface area contributed by atoms with Crippen LogP contribution in [0.4, 0.5) is 0 Å². The second-order valence-corrected chi connectivity index (χ2v) is 6.02. The Balaban J connectivity index is 1.90. The number of amides is 1. The molecule has 0 radical (unpaired) electrons. The number of primary amides is 1. The summed E-state index contributed by atoms with van der Waals surface area (Å²) in [6, 6.07) is 3.32. The molecule has 1 aromatic rings. The van der Waals surface area contributed by atoms with Gasteiger partial charge >= 0.3 is 0 Å². The van der Waals surface area contributed by atoms with Gasteiger partial charge in [-0.3, -0.25) is 4.79 Å². The number of nitrogens with two attached hydrogens (primary N) is 1. The van der Waals surface area contributed by atoms with Crippen LogP contribution in [0.25, 0.3) is 0 Å². The molecule has 2 aliphatic rings. The van der Waals surface area contributed by atoms with E-state index in [1.54, 1.807) is 7.11 Å². The molecule has 1 amide bonds. The van der Waals surface area contributed by atoms with Crippen LogP contribution in [0.3, 0.4) is 0 Å². The molecular weight excluding hydrogens is 268 g/mol. The molecule has 0 saturated heterocycles. The van der Waals surface area contributed by atoms with Gasteiger partial charge in [-0.2, -0.15) is 0 Å². The number of ether oxygens (including phenoxy) is 2. The smallest absolute Gasteiger partial charge is 0.239 e. The van der Waals surface area contributed by atoms with Crippen molar-refractivity contribution in [2.45, 2.75) is 38.3 Å². The van der Waals surface area contributed by atoms with Crippen LogP contribution in [0, 0.1) is 5.92 Å². The lowest BCUT2D eigenvalue weighted by Gasteiger charge is -2.19. The number of methoxy groups -OCH3 is 1. The first-order valence-electron chi connectivity index (χ1n) is 7.48. The van der Waals surface area contributed by atoms with Crippen molar-refractivity contribution in [3.05, 3.63) is 23.3 Å². The van der Waals surface area contributed by atoms with Gasteiger partial charge < -0.3 is 20.5 Å². The Hall–Kier alpha value is -1.75. The molecule has 3 N–H and O–H groups in total. The van der Waals surface area contributed by atoms with Crippen LogP contribution >= 0.6 is 0 Å². The SMILES string of the molecule is COc1cc2c(cc1C(NCC1CC1)C(N)=O)OC(C)C2. The summed E-state index contributed by atoms with van der Waals surface area (Å²) in [6.07, 6.45) is 3.47. The highest BCUT2D eigenvalue weighted by Crippen LogP contribution is 2.38. The first-order chi connectivity index (χ1) is 10.1. The normalized spacial score (nSPS) is 21.5. The van der Waals surface area contributed by atoms with Crippen molar-refractivity contribution in [1.82, 2.24) is 5.32 Å². The van der Waals surface area contributed by atoms with Crippen molar-refractivity contribution in [3.8, 4) is 11.5 Å². The number of fused-ring (bicyclic) bond motifs is 1. The van der Waals surface area contributed by atoms with Crippen molar-refractivity contribution >= 4 is 5.91 Å². The van der Waals surface area contributed by atoms with Crippen molar-refractivity contribution < 1.29 is 14.3 Å². The Morgan fingerprint density at radius 2 is 2.29 bits per heavy atom. The van der Waals surface area contributed by atoms with Gasteiger partial charge in [-0.15, -0.1) is 0 Å². The van der Waals surface area contributed by atoms with E-state index >= 15 is 0 Å². The Morgan fingerprint density at radius 1 is 1.52 bits per heavy atom. The standard InChI is InChI=1S/C16H22N2O3/c1-9-5-11-6-14(20-2)12(7-13(11)21-9)15(16(17)19)18-8-10-3-4-10/h6-7,9-10,15,18H,3-5,8H2,1-2H3,(H2,17,19). The first-order valence-corrected chi connectivity index (χ1v) is 7.48. The van der Waals surface area contributed by atoms with E-state index in [0.717, 1.165) is 29.8 Å². The molecule has 5 heteroatoms. The summed E-state index contributed by atoms with van der Waals surface area (Å²) in [4.78, 5) is 11.8. The van der Waals surface area contributed by atoms with Crippen LogP contribution in [-0.4, -0.2) is 25.7 Å². The van der Waals surface area contributed by atoms with Gasteiger partial charge in [0, 0.05) is 17.5 Å². The van der Waals surface area contributed by atoms with Crippen LogP contribution in [-0.2, 0) is 11.2 Å². The average molecular weight is 290 g/mol. The fraction of sp³-hybridized carbons (Fsp3) is 0.562. The zero-order valence-corrected chi connectivity index (χ0v) is 12.5. The van der Waals surface area contributed by atoms with Crippen LogP contribution in [0.5, 0.6) is 11.5 Å². The molecule has 3 rings (SSSR count). The molecule has 5 nitrogen and oxygen atoms in total. The maximum absolute atomic E-state index is 11.8. The van der Waals surface area contributed by atoms with Crippen molar-refractivity contribution in [2.24, 2.45) is 11.7 Å². The van der Waals surface area contributed by atoms with E-state index in [9.17, 15) is 4.79 Å². The minimum absolute atomic E-state index is 0.159. The van der Waals surface area contributed by atoms with Gasteiger partial charge in [0.1, 0.15) is 23.6 Å². The van der Waals surface area contributed by atoms with Crippen molar-refractivity contribution in [2.75, 3.05) is 13.7 Å². The molecule has 1 aliphatic carbocycles. The molecule has 2 unspecified atom stereocenters. The number of carbonyl (C=O) groups is 1. The zero-order chi connectivity index (χ0) is 15.0. The van der Waals surface area contributed by atoms with Crippen LogP contribution in [0.1, 0.15) is 36.9 Å². The number of hydrogen-bond donors (Lipinski definition) is 2. The highest BCUT2D eigenvalue weighted by Gasteiger charge is 2.29. The van der Waals surface area contributed by atoms with Gasteiger partial charge in [-0.1, -0.05) is 0 Å². The molecular formula is C16H22N2O3. The van der Waals surface area contributed by atoms with E-state index in [1.165, 1.54) is 12.8 Å². The molecule has 1 fully saturated rings. The lowest BCUT2D eigenvalue weighted by atomic mass is 10.0. The highest BCUT2D eigenvalue weighted by atomic mass is 16.5. The predicted octanol–water partition coefficient (Wildman–Crippen LogP) is 1.54. The summed E-state index contributed by atoms with van der Waals surface area (Å²) in [5.41, 5.74) is 7.46. The summed E-state index contributed by atoms with van der Waals surface area (Å²) in [5, 5.41) is 3.26. The Labute approximate surface area is 124 Å². The van der Waals surface area contributed by atoms with E-state index < -0.39 is 6.04 Å². The van der Waals surface area contributed by atoms with Crippen LogP contribution in [0.15, 0.2) is 12.1 Å². The van der Waals surface area contributed by atoms with Crippen LogP contribution < -0.4 is 20.5 Å². The van der Waals surface area contributed by atoms with Gasteiger partial charge in [-0.05, 0) is 44.4 Å². The zero-order valence-electron chi connectivity index (χ0n) is 12.5. The van der Waals surface area contributed by atoms with Crippen molar-refractivity contribution in [1.29, 1.82) is 0 Å². The highest BCUT2D eigenvalue weighted by molar-refractivity contribution is 5.82. The monoisotopic (exact) mass is 290 g/mol. The summed E-state index contributed by atoms with van der Waals surface area (Å²) in [5.74, 6) is 1.81. The molecule has 1 heterocycles. The maximum Gasteiger partial charge on any atom is 0.239 e. The maximum atomic E-state index is 11.8. The van der Waals surface area contributed by atoms with Crippen LogP contribution in [0.2, 0.25) is 0 Å².